The summed E-state index contributed by atoms with van der Waals surface area (Å²) >= 11 is 12.3. The standard InChI is InChI=1S/C18H19Cl2N3O/c1-13-4-2-3-5-16(13)21-18(24)23-10-8-22(9-11-23)17-12-14(19)6-7-15(17)20/h2-7,12H,8-11H2,1H3,(H,21,24). The van der Waals surface area contributed by atoms with Crippen LogP contribution in [0.25, 0.3) is 0 Å². The van der Waals surface area contributed by atoms with Crippen molar-refractivity contribution in [1.29, 1.82) is 0 Å². The first kappa shape index (κ1) is 16.9. The van der Waals surface area contributed by atoms with Crippen molar-refractivity contribution in [1.82, 2.24) is 4.90 Å². The Morgan fingerprint density at radius 3 is 2.46 bits per heavy atom. The number of amides is 2. The number of piperazine rings is 1. The third-order valence-electron chi connectivity index (χ3n) is 4.20. The molecule has 2 aromatic carbocycles. The van der Waals surface area contributed by atoms with Crippen molar-refractivity contribution in [2.75, 3.05) is 36.4 Å². The zero-order valence-corrected chi connectivity index (χ0v) is 14.9. The molecule has 2 amide bonds. The highest BCUT2D eigenvalue weighted by Crippen LogP contribution is 2.29. The van der Waals surface area contributed by atoms with Gasteiger partial charge >= 0.3 is 6.03 Å². The quantitative estimate of drug-likeness (QED) is 0.842. The summed E-state index contributed by atoms with van der Waals surface area (Å²) in [6.45, 7) is 4.71. The molecule has 0 radical (unpaired) electrons. The fourth-order valence-corrected chi connectivity index (χ4v) is 3.19. The minimum atomic E-state index is -0.0684. The van der Waals surface area contributed by atoms with Crippen LogP contribution in [0.5, 0.6) is 0 Å². The molecular weight excluding hydrogens is 345 g/mol. The molecule has 1 aliphatic heterocycles. The predicted octanol–water partition coefficient (Wildman–Crippen LogP) is 4.66. The molecule has 1 N–H and O–H groups in total. The maximum atomic E-state index is 12.4. The lowest BCUT2D eigenvalue weighted by Gasteiger charge is -2.36. The van der Waals surface area contributed by atoms with E-state index in [4.69, 9.17) is 23.2 Å². The van der Waals surface area contributed by atoms with Crippen molar-refractivity contribution in [2.24, 2.45) is 0 Å². The fourth-order valence-electron chi connectivity index (χ4n) is 2.79. The molecule has 1 saturated heterocycles. The predicted molar refractivity (Wildman–Crippen MR) is 100 cm³/mol. The summed E-state index contributed by atoms with van der Waals surface area (Å²) in [5.41, 5.74) is 2.82. The Hall–Kier alpha value is -1.91. The molecule has 6 heteroatoms. The molecule has 24 heavy (non-hydrogen) atoms. The molecule has 3 rings (SSSR count). The van der Waals surface area contributed by atoms with Crippen LogP contribution in [0.15, 0.2) is 42.5 Å². The second kappa shape index (κ2) is 7.32. The third kappa shape index (κ3) is 3.77. The first-order chi connectivity index (χ1) is 11.5. The van der Waals surface area contributed by atoms with Gasteiger partial charge in [-0.15, -0.1) is 0 Å². The second-order valence-electron chi connectivity index (χ2n) is 5.81. The molecule has 0 unspecified atom stereocenters. The van der Waals surface area contributed by atoms with Crippen molar-refractivity contribution in [2.45, 2.75) is 6.92 Å². The Labute approximate surface area is 152 Å². The Balaban J connectivity index is 1.61. The summed E-state index contributed by atoms with van der Waals surface area (Å²) in [6, 6.07) is 13.1. The van der Waals surface area contributed by atoms with Crippen LogP contribution in [0, 0.1) is 6.92 Å². The smallest absolute Gasteiger partial charge is 0.321 e. The van der Waals surface area contributed by atoms with E-state index in [0.29, 0.717) is 23.1 Å². The van der Waals surface area contributed by atoms with Gasteiger partial charge < -0.3 is 15.1 Å². The summed E-state index contributed by atoms with van der Waals surface area (Å²) in [5, 5.41) is 4.32. The number of urea groups is 1. The van der Waals surface area contributed by atoms with Gasteiger partial charge in [0.2, 0.25) is 0 Å². The molecule has 0 aliphatic carbocycles. The fraction of sp³-hybridized carbons (Fsp3) is 0.278. The van der Waals surface area contributed by atoms with Gasteiger partial charge in [-0.1, -0.05) is 41.4 Å². The monoisotopic (exact) mass is 363 g/mol. The minimum absolute atomic E-state index is 0.0684. The lowest BCUT2D eigenvalue weighted by Crippen LogP contribution is -2.50. The molecule has 0 spiro atoms. The van der Waals surface area contributed by atoms with Gasteiger partial charge in [0.15, 0.2) is 0 Å². The van der Waals surface area contributed by atoms with E-state index in [1.54, 1.807) is 12.1 Å². The lowest BCUT2D eigenvalue weighted by atomic mass is 10.2. The van der Waals surface area contributed by atoms with Crippen LogP contribution in [-0.2, 0) is 0 Å². The molecule has 1 aliphatic rings. The number of rotatable bonds is 2. The largest absolute Gasteiger partial charge is 0.367 e. The van der Waals surface area contributed by atoms with E-state index in [9.17, 15) is 4.79 Å². The van der Waals surface area contributed by atoms with Crippen molar-refractivity contribution >= 4 is 40.6 Å². The maximum Gasteiger partial charge on any atom is 0.321 e. The number of nitrogens with zero attached hydrogens (tertiary/aromatic N) is 2. The number of hydrogen-bond donors (Lipinski definition) is 1. The van der Waals surface area contributed by atoms with Crippen LogP contribution >= 0.6 is 23.2 Å². The van der Waals surface area contributed by atoms with Crippen LogP contribution in [-0.4, -0.2) is 37.1 Å². The number of hydrogen-bond acceptors (Lipinski definition) is 2. The van der Waals surface area contributed by atoms with Gasteiger partial charge in [-0.05, 0) is 36.8 Å². The lowest BCUT2D eigenvalue weighted by molar-refractivity contribution is 0.208. The van der Waals surface area contributed by atoms with E-state index in [0.717, 1.165) is 30.0 Å². The number of anilines is 2. The third-order valence-corrected chi connectivity index (χ3v) is 4.76. The Morgan fingerprint density at radius 1 is 1.04 bits per heavy atom. The van der Waals surface area contributed by atoms with E-state index in [-0.39, 0.29) is 6.03 Å². The van der Waals surface area contributed by atoms with E-state index in [1.165, 1.54) is 0 Å². The van der Waals surface area contributed by atoms with Gasteiger partial charge in [0.05, 0.1) is 10.7 Å². The van der Waals surface area contributed by atoms with Crippen LogP contribution < -0.4 is 10.2 Å². The first-order valence-corrected chi connectivity index (χ1v) is 8.62. The Bertz CT molecular complexity index is 743. The molecule has 0 saturated carbocycles. The summed E-state index contributed by atoms with van der Waals surface area (Å²) in [4.78, 5) is 16.4. The molecule has 0 aromatic heterocycles. The van der Waals surface area contributed by atoms with Gasteiger partial charge in [0.1, 0.15) is 0 Å². The van der Waals surface area contributed by atoms with E-state index in [1.807, 2.05) is 42.2 Å². The maximum absolute atomic E-state index is 12.4. The average Bonchev–Trinajstić information content (AvgIpc) is 2.59. The first-order valence-electron chi connectivity index (χ1n) is 7.86. The van der Waals surface area contributed by atoms with Crippen LogP contribution in [0.2, 0.25) is 10.0 Å². The molecular formula is C18H19Cl2N3O. The van der Waals surface area contributed by atoms with Crippen LogP contribution in [0.1, 0.15) is 5.56 Å². The highest BCUT2D eigenvalue weighted by atomic mass is 35.5. The van der Waals surface area contributed by atoms with Gasteiger partial charge in [0, 0.05) is 36.9 Å². The second-order valence-corrected chi connectivity index (χ2v) is 6.66. The number of para-hydroxylation sites is 1. The minimum Gasteiger partial charge on any atom is -0.367 e. The SMILES string of the molecule is Cc1ccccc1NC(=O)N1CCN(c2cc(Cl)ccc2Cl)CC1. The van der Waals surface area contributed by atoms with Crippen LogP contribution in [0.3, 0.4) is 0 Å². The number of benzene rings is 2. The molecule has 4 nitrogen and oxygen atoms in total. The van der Waals surface area contributed by atoms with Gasteiger partial charge in [-0.25, -0.2) is 4.79 Å². The number of aryl methyl sites for hydroxylation is 1. The summed E-state index contributed by atoms with van der Waals surface area (Å²) < 4.78 is 0. The normalized spacial score (nSPS) is 14.6. The Kier molecular flexibility index (Phi) is 5.17. The summed E-state index contributed by atoms with van der Waals surface area (Å²) in [7, 11) is 0. The zero-order valence-electron chi connectivity index (χ0n) is 13.4. The van der Waals surface area contributed by atoms with E-state index < -0.39 is 0 Å². The molecule has 1 fully saturated rings. The highest BCUT2D eigenvalue weighted by molar-refractivity contribution is 6.35. The number of halogens is 2. The van der Waals surface area contributed by atoms with Gasteiger partial charge in [-0.3, -0.25) is 0 Å². The molecule has 2 aromatic rings. The molecule has 0 atom stereocenters. The van der Waals surface area contributed by atoms with Crippen LogP contribution in [0.4, 0.5) is 16.2 Å². The van der Waals surface area contributed by atoms with E-state index in [2.05, 4.69) is 10.2 Å². The summed E-state index contributed by atoms with van der Waals surface area (Å²) in [5.74, 6) is 0. The van der Waals surface area contributed by atoms with Crippen molar-refractivity contribution in [3.63, 3.8) is 0 Å². The van der Waals surface area contributed by atoms with E-state index >= 15 is 0 Å². The van der Waals surface area contributed by atoms with Crippen molar-refractivity contribution in [3.05, 3.63) is 58.1 Å². The molecule has 0 bridgehead atoms. The average molecular weight is 364 g/mol. The Morgan fingerprint density at radius 2 is 1.75 bits per heavy atom. The molecule has 126 valence electrons. The number of carbonyl (C=O) groups is 1. The highest BCUT2D eigenvalue weighted by Gasteiger charge is 2.22. The van der Waals surface area contributed by atoms with Crippen molar-refractivity contribution < 1.29 is 4.79 Å². The van der Waals surface area contributed by atoms with Crippen molar-refractivity contribution in [3.8, 4) is 0 Å². The molecule has 1 heterocycles. The topological polar surface area (TPSA) is 35.6 Å². The zero-order chi connectivity index (χ0) is 17.1. The number of carbonyl (C=O) groups excluding carboxylic acids is 1. The summed E-state index contributed by atoms with van der Waals surface area (Å²) in [6.07, 6.45) is 0. The number of nitrogens with one attached hydrogen (secondary N) is 1. The van der Waals surface area contributed by atoms with Gasteiger partial charge in [-0.2, -0.15) is 0 Å². The van der Waals surface area contributed by atoms with Gasteiger partial charge in [0.25, 0.3) is 0 Å².